The highest BCUT2D eigenvalue weighted by atomic mass is 32.2. The molecule has 78 valence electrons. The van der Waals surface area contributed by atoms with E-state index in [-0.39, 0.29) is 0 Å². The van der Waals surface area contributed by atoms with Crippen molar-refractivity contribution in [1.82, 2.24) is 0 Å². The molecule has 1 aromatic rings. The van der Waals surface area contributed by atoms with Crippen molar-refractivity contribution >= 4 is 10.1 Å². The van der Waals surface area contributed by atoms with E-state index >= 15 is 0 Å². The Morgan fingerprint density at radius 1 is 1.29 bits per heavy atom. The summed E-state index contributed by atoms with van der Waals surface area (Å²) in [5, 5.41) is 0. The van der Waals surface area contributed by atoms with Crippen molar-refractivity contribution in [3.05, 3.63) is 35.9 Å². The molecule has 0 amide bonds. The average molecular weight is 215 g/mol. The van der Waals surface area contributed by atoms with Crippen LogP contribution in [0.15, 0.2) is 30.3 Å². The van der Waals surface area contributed by atoms with Crippen LogP contribution in [0.3, 0.4) is 0 Å². The van der Waals surface area contributed by atoms with E-state index in [4.69, 9.17) is 10.3 Å². The second kappa shape index (κ2) is 4.54. The third kappa shape index (κ3) is 4.36. The van der Waals surface area contributed by atoms with Crippen LogP contribution in [0.2, 0.25) is 0 Å². The van der Waals surface area contributed by atoms with Gasteiger partial charge in [-0.2, -0.15) is 8.42 Å². The van der Waals surface area contributed by atoms with Crippen LogP contribution in [-0.4, -0.2) is 24.8 Å². The van der Waals surface area contributed by atoms with Gasteiger partial charge in [-0.05, 0) is 12.0 Å². The summed E-state index contributed by atoms with van der Waals surface area (Å²) < 4.78 is 29.6. The maximum Gasteiger partial charge on any atom is 0.266 e. The van der Waals surface area contributed by atoms with Gasteiger partial charge in [-0.3, -0.25) is 4.55 Å². The first-order chi connectivity index (χ1) is 6.47. The molecule has 1 atom stereocenters. The van der Waals surface area contributed by atoms with E-state index in [0.29, 0.717) is 6.42 Å². The lowest BCUT2D eigenvalue weighted by molar-refractivity contribution is 0.476. The molecule has 0 saturated carbocycles. The maximum absolute atomic E-state index is 10.5. The van der Waals surface area contributed by atoms with Crippen molar-refractivity contribution in [2.24, 2.45) is 5.73 Å². The molecular formula is C9H13NO3S. The van der Waals surface area contributed by atoms with Crippen LogP contribution in [0.1, 0.15) is 5.56 Å². The molecule has 1 aromatic carbocycles. The van der Waals surface area contributed by atoms with Crippen LogP contribution in [-0.2, 0) is 16.5 Å². The Morgan fingerprint density at radius 3 is 2.36 bits per heavy atom. The van der Waals surface area contributed by atoms with Crippen molar-refractivity contribution in [3.8, 4) is 0 Å². The molecule has 0 fully saturated rings. The summed E-state index contributed by atoms with van der Waals surface area (Å²) in [5.74, 6) is -0.401. The van der Waals surface area contributed by atoms with Gasteiger partial charge >= 0.3 is 0 Å². The second-order valence-corrected chi connectivity index (χ2v) is 4.70. The molecule has 0 radical (unpaired) electrons. The monoisotopic (exact) mass is 215 g/mol. The molecule has 0 bridgehead atoms. The average Bonchev–Trinajstić information content (AvgIpc) is 2.02. The van der Waals surface area contributed by atoms with Gasteiger partial charge in [-0.15, -0.1) is 0 Å². The number of rotatable bonds is 4. The number of hydrogen-bond donors (Lipinski definition) is 2. The topological polar surface area (TPSA) is 80.4 Å². The molecule has 0 heterocycles. The van der Waals surface area contributed by atoms with Gasteiger partial charge in [0.2, 0.25) is 0 Å². The van der Waals surface area contributed by atoms with Crippen molar-refractivity contribution in [1.29, 1.82) is 0 Å². The minimum Gasteiger partial charge on any atom is -0.326 e. The summed E-state index contributed by atoms with van der Waals surface area (Å²) in [6.45, 7) is 0. The highest BCUT2D eigenvalue weighted by Gasteiger charge is 2.12. The first kappa shape index (κ1) is 11.2. The predicted molar refractivity (Wildman–Crippen MR) is 54.5 cm³/mol. The van der Waals surface area contributed by atoms with E-state index < -0.39 is 21.9 Å². The summed E-state index contributed by atoms with van der Waals surface area (Å²) >= 11 is 0. The highest BCUT2D eigenvalue weighted by Crippen LogP contribution is 2.02. The zero-order valence-electron chi connectivity index (χ0n) is 7.63. The van der Waals surface area contributed by atoms with Gasteiger partial charge < -0.3 is 5.73 Å². The van der Waals surface area contributed by atoms with Gasteiger partial charge in [-0.25, -0.2) is 0 Å². The van der Waals surface area contributed by atoms with Gasteiger partial charge in [0.15, 0.2) is 0 Å². The maximum atomic E-state index is 10.5. The van der Waals surface area contributed by atoms with Crippen LogP contribution in [0, 0.1) is 0 Å². The van der Waals surface area contributed by atoms with Gasteiger partial charge in [0.25, 0.3) is 10.1 Å². The largest absolute Gasteiger partial charge is 0.326 e. The smallest absolute Gasteiger partial charge is 0.266 e. The minimum atomic E-state index is -3.97. The quantitative estimate of drug-likeness (QED) is 0.714. The standard InChI is InChI=1S/C9H13NO3S/c10-9(7-14(11,12)13)6-8-4-2-1-3-5-8/h1-5,9H,6-7,10H2,(H,11,12,13)/t9-/m1/s1. The van der Waals surface area contributed by atoms with Crippen LogP contribution in [0.5, 0.6) is 0 Å². The summed E-state index contributed by atoms with van der Waals surface area (Å²) in [5.41, 5.74) is 6.51. The molecule has 0 aliphatic rings. The fourth-order valence-corrected chi connectivity index (χ4v) is 1.91. The first-order valence-electron chi connectivity index (χ1n) is 4.22. The highest BCUT2D eigenvalue weighted by molar-refractivity contribution is 7.85. The van der Waals surface area contributed by atoms with Gasteiger partial charge in [0.05, 0.1) is 5.75 Å². The Labute approximate surface area is 83.5 Å². The number of nitrogens with two attached hydrogens (primary N) is 1. The van der Waals surface area contributed by atoms with Gasteiger partial charge in [0, 0.05) is 6.04 Å². The minimum absolute atomic E-state index is 0.401. The summed E-state index contributed by atoms with van der Waals surface area (Å²) in [6, 6.07) is 8.75. The molecule has 3 N–H and O–H groups in total. The molecular weight excluding hydrogens is 202 g/mol. The lowest BCUT2D eigenvalue weighted by Gasteiger charge is -2.08. The second-order valence-electron chi connectivity index (χ2n) is 3.20. The molecule has 0 saturated heterocycles. The van der Waals surface area contributed by atoms with Crippen molar-refractivity contribution in [2.75, 3.05) is 5.75 Å². The number of benzene rings is 1. The van der Waals surface area contributed by atoms with Gasteiger partial charge in [0.1, 0.15) is 0 Å². The number of hydrogen-bond acceptors (Lipinski definition) is 3. The Morgan fingerprint density at radius 2 is 1.86 bits per heavy atom. The van der Waals surface area contributed by atoms with E-state index in [9.17, 15) is 8.42 Å². The van der Waals surface area contributed by atoms with Crippen molar-refractivity contribution in [3.63, 3.8) is 0 Å². The van der Waals surface area contributed by atoms with Gasteiger partial charge in [-0.1, -0.05) is 30.3 Å². The fourth-order valence-electron chi connectivity index (χ4n) is 1.25. The molecule has 0 unspecified atom stereocenters. The van der Waals surface area contributed by atoms with Crippen molar-refractivity contribution < 1.29 is 13.0 Å². The molecule has 0 aliphatic heterocycles. The SMILES string of the molecule is N[C@H](Cc1ccccc1)CS(=O)(=O)O. The molecule has 4 nitrogen and oxygen atoms in total. The molecule has 0 aliphatic carbocycles. The zero-order valence-corrected chi connectivity index (χ0v) is 8.44. The van der Waals surface area contributed by atoms with Crippen LogP contribution < -0.4 is 5.73 Å². The van der Waals surface area contributed by atoms with E-state index in [2.05, 4.69) is 0 Å². The van der Waals surface area contributed by atoms with E-state index in [1.807, 2.05) is 30.3 Å². The molecule has 5 heteroatoms. The lowest BCUT2D eigenvalue weighted by atomic mass is 10.1. The van der Waals surface area contributed by atoms with Crippen molar-refractivity contribution in [2.45, 2.75) is 12.5 Å². The Kier molecular flexibility index (Phi) is 3.62. The van der Waals surface area contributed by atoms with Crippen LogP contribution >= 0.6 is 0 Å². The fraction of sp³-hybridized carbons (Fsp3) is 0.333. The van der Waals surface area contributed by atoms with E-state index in [0.717, 1.165) is 5.56 Å². The summed E-state index contributed by atoms with van der Waals surface area (Å²) in [4.78, 5) is 0. The Bertz CT molecular complexity index is 374. The zero-order chi connectivity index (χ0) is 10.6. The molecule has 1 rings (SSSR count). The summed E-state index contributed by atoms with van der Waals surface area (Å²) in [6.07, 6.45) is 0.445. The molecule has 0 spiro atoms. The van der Waals surface area contributed by atoms with Crippen LogP contribution in [0.4, 0.5) is 0 Å². The normalized spacial score (nSPS) is 13.9. The van der Waals surface area contributed by atoms with E-state index in [1.165, 1.54) is 0 Å². The lowest BCUT2D eigenvalue weighted by Crippen LogP contribution is -2.31. The molecule has 14 heavy (non-hydrogen) atoms. The summed E-state index contributed by atoms with van der Waals surface area (Å²) in [7, 11) is -3.97. The Balaban J connectivity index is 2.54. The van der Waals surface area contributed by atoms with E-state index in [1.54, 1.807) is 0 Å². The third-order valence-corrected chi connectivity index (χ3v) is 2.61. The first-order valence-corrected chi connectivity index (χ1v) is 5.83. The Hall–Kier alpha value is -0.910. The van der Waals surface area contributed by atoms with Crippen LogP contribution in [0.25, 0.3) is 0 Å². The predicted octanol–water partition coefficient (Wildman–Crippen LogP) is 0.444. The third-order valence-electron chi connectivity index (χ3n) is 1.77. The molecule has 0 aromatic heterocycles.